The molecule has 0 bridgehead atoms. The molecule has 2 heterocycles. The van der Waals surface area contributed by atoms with Crippen LogP contribution in [-0.2, 0) is 5.41 Å². The third-order valence-electron chi connectivity index (χ3n) is 13.5. The van der Waals surface area contributed by atoms with Gasteiger partial charge in [-0.2, -0.15) is 0 Å². The zero-order valence-electron chi connectivity index (χ0n) is 33.7. The van der Waals surface area contributed by atoms with Crippen molar-refractivity contribution in [1.82, 2.24) is 9.13 Å². The second kappa shape index (κ2) is 13.2. The van der Waals surface area contributed by atoms with Crippen LogP contribution in [0.15, 0.2) is 218 Å². The number of hydrogen-bond donors (Lipinski definition) is 0. The van der Waals surface area contributed by atoms with Crippen molar-refractivity contribution in [1.29, 1.82) is 0 Å². The van der Waals surface area contributed by atoms with Gasteiger partial charge < -0.3 is 9.13 Å². The van der Waals surface area contributed by atoms with Crippen molar-refractivity contribution in [3.8, 4) is 22.5 Å². The highest BCUT2D eigenvalue weighted by atomic mass is 28.3. The van der Waals surface area contributed by atoms with Gasteiger partial charge >= 0.3 is 0 Å². The zero-order chi connectivity index (χ0) is 40.0. The van der Waals surface area contributed by atoms with Crippen LogP contribution in [0.4, 0.5) is 0 Å². The van der Waals surface area contributed by atoms with Crippen LogP contribution in [-0.4, -0.2) is 17.2 Å². The molecule has 9 aromatic carbocycles. The Hall–Kier alpha value is -7.20. The summed E-state index contributed by atoms with van der Waals surface area (Å²) in [5.41, 5.74) is 12.7. The van der Waals surface area contributed by atoms with Crippen LogP contribution in [0.25, 0.3) is 66.1 Å². The first-order chi connectivity index (χ1) is 29.6. The molecule has 60 heavy (non-hydrogen) atoms. The summed E-state index contributed by atoms with van der Waals surface area (Å²) in [5, 5.41) is 10.6. The molecule has 0 amide bonds. The Labute approximate surface area is 351 Å². The Morgan fingerprint density at radius 2 is 0.900 bits per heavy atom. The van der Waals surface area contributed by atoms with E-state index in [1.807, 2.05) is 0 Å². The van der Waals surface area contributed by atoms with Gasteiger partial charge in [0.1, 0.15) is 0 Å². The second-order valence-corrected chi connectivity index (χ2v) is 20.6. The van der Waals surface area contributed by atoms with Crippen LogP contribution in [0.3, 0.4) is 0 Å². The van der Waals surface area contributed by atoms with Gasteiger partial charge in [-0.3, -0.25) is 0 Å². The van der Waals surface area contributed by atoms with Crippen LogP contribution < -0.4 is 20.7 Å². The van der Waals surface area contributed by atoms with Gasteiger partial charge in [0, 0.05) is 43.9 Å². The number of nitrogens with zero attached hydrogens (tertiary/aromatic N) is 2. The number of fused-ring (bicyclic) bond motifs is 10. The first-order valence-corrected chi connectivity index (χ1v) is 23.0. The van der Waals surface area contributed by atoms with Gasteiger partial charge in [0.25, 0.3) is 0 Å². The lowest BCUT2D eigenvalue weighted by molar-refractivity contribution is 0.661. The van der Waals surface area contributed by atoms with E-state index in [9.17, 15) is 0 Å². The SMILES string of the molecule is CC1(C)c2ccccc2-c2c1ccc1c3ccccc3n(-c3ccc([Si](c4ccccc4)(c4ccccc4)c4cccc5c4c4ccccc4n5-c4ccccc4)cc3)c21. The molecule has 0 saturated carbocycles. The van der Waals surface area contributed by atoms with Gasteiger partial charge in [-0.25, -0.2) is 0 Å². The fourth-order valence-electron chi connectivity index (χ4n) is 10.9. The van der Waals surface area contributed by atoms with Gasteiger partial charge in [0.15, 0.2) is 8.07 Å². The Kier molecular flexibility index (Phi) is 7.63. The summed E-state index contributed by atoms with van der Waals surface area (Å²) >= 11 is 0. The lowest BCUT2D eigenvalue weighted by Gasteiger charge is -2.35. The molecule has 1 aliphatic rings. The normalized spacial score (nSPS) is 13.3. The van der Waals surface area contributed by atoms with Crippen molar-refractivity contribution in [3.05, 3.63) is 230 Å². The highest BCUT2D eigenvalue weighted by Gasteiger charge is 2.43. The zero-order valence-corrected chi connectivity index (χ0v) is 34.7. The largest absolute Gasteiger partial charge is 0.309 e. The summed E-state index contributed by atoms with van der Waals surface area (Å²) in [6.45, 7) is 4.75. The van der Waals surface area contributed by atoms with E-state index >= 15 is 0 Å². The maximum atomic E-state index is 2.54. The maximum Gasteiger partial charge on any atom is 0.180 e. The summed E-state index contributed by atoms with van der Waals surface area (Å²) in [7, 11) is -2.99. The number of benzene rings is 9. The van der Waals surface area contributed by atoms with Gasteiger partial charge in [0.05, 0.1) is 22.1 Å². The summed E-state index contributed by atoms with van der Waals surface area (Å²) in [6.07, 6.45) is 0. The molecule has 0 saturated heterocycles. The molecule has 0 atom stereocenters. The molecule has 1 aliphatic carbocycles. The Bertz CT molecular complexity index is 3390. The quantitative estimate of drug-likeness (QED) is 0.117. The van der Waals surface area contributed by atoms with E-state index in [-0.39, 0.29) is 5.41 Å². The Balaban J connectivity index is 1.17. The lowest BCUT2D eigenvalue weighted by atomic mass is 9.82. The molecule has 0 aliphatic heterocycles. The summed E-state index contributed by atoms with van der Waals surface area (Å²) in [5.74, 6) is 0. The van der Waals surface area contributed by atoms with E-state index < -0.39 is 8.07 Å². The Morgan fingerprint density at radius 1 is 0.367 bits per heavy atom. The van der Waals surface area contributed by atoms with Crippen molar-refractivity contribution < 1.29 is 0 Å². The van der Waals surface area contributed by atoms with Crippen molar-refractivity contribution in [2.75, 3.05) is 0 Å². The van der Waals surface area contributed by atoms with E-state index in [2.05, 4.69) is 241 Å². The summed E-state index contributed by atoms with van der Waals surface area (Å²) in [4.78, 5) is 0. The third kappa shape index (κ3) is 4.75. The summed E-state index contributed by atoms with van der Waals surface area (Å²) in [6, 6.07) is 81.9. The first kappa shape index (κ1) is 34.8. The molecular weight excluding hydrogens is 741 g/mol. The molecule has 0 N–H and O–H groups in total. The van der Waals surface area contributed by atoms with Gasteiger partial charge in [-0.15, -0.1) is 0 Å². The minimum Gasteiger partial charge on any atom is -0.309 e. The Morgan fingerprint density at radius 3 is 1.60 bits per heavy atom. The molecule has 2 nitrogen and oxygen atoms in total. The highest BCUT2D eigenvalue weighted by molar-refractivity contribution is 7.20. The highest BCUT2D eigenvalue weighted by Crippen LogP contribution is 2.52. The standard InChI is InChI=1S/C57H42N2Si/c1-57(2)48-28-15-12-26-46(48)54-49(57)38-37-45-44-25-13-16-29-50(44)59(56(45)54)40-33-35-43(36-34-40)60(41-21-8-4-9-22-41,42-23-10-5-11-24-42)53-32-18-31-52-55(53)47-27-14-17-30-51(47)58(52)39-19-6-3-7-20-39/h3-38H,1-2H3. The molecule has 11 aromatic rings. The molecule has 284 valence electrons. The molecule has 0 radical (unpaired) electrons. The minimum atomic E-state index is -2.99. The van der Waals surface area contributed by atoms with Crippen LogP contribution >= 0.6 is 0 Å². The fraction of sp³-hybridized carbons (Fsp3) is 0.0526. The number of rotatable bonds is 6. The van der Waals surface area contributed by atoms with Crippen molar-refractivity contribution in [2.24, 2.45) is 0 Å². The van der Waals surface area contributed by atoms with Gasteiger partial charge in [-0.05, 0) is 79.9 Å². The minimum absolute atomic E-state index is 0.0908. The maximum absolute atomic E-state index is 2.99. The molecule has 12 rings (SSSR count). The van der Waals surface area contributed by atoms with Crippen LogP contribution in [0, 0.1) is 0 Å². The van der Waals surface area contributed by atoms with Crippen LogP contribution in [0.2, 0.25) is 0 Å². The molecule has 3 heteroatoms. The smallest absolute Gasteiger partial charge is 0.180 e. The number of hydrogen-bond acceptors (Lipinski definition) is 0. The molecule has 2 aromatic heterocycles. The predicted octanol–water partition coefficient (Wildman–Crippen LogP) is 11.6. The average Bonchev–Trinajstić information content (AvgIpc) is 3.91. The van der Waals surface area contributed by atoms with E-state index in [1.165, 1.54) is 98.0 Å². The summed E-state index contributed by atoms with van der Waals surface area (Å²) < 4.78 is 4.99. The van der Waals surface area contributed by atoms with Gasteiger partial charge in [0.2, 0.25) is 0 Å². The second-order valence-electron chi connectivity index (χ2n) is 16.8. The lowest BCUT2D eigenvalue weighted by Crippen LogP contribution is -2.74. The first-order valence-electron chi connectivity index (χ1n) is 21.0. The fourth-order valence-corrected chi connectivity index (χ4v) is 15.9. The van der Waals surface area contributed by atoms with E-state index in [0.29, 0.717) is 0 Å². The average molecular weight is 783 g/mol. The molecular formula is C57H42N2Si. The number of para-hydroxylation sites is 3. The third-order valence-corrected chi connectivity index (χ3v) is 18.3. The number of aromatic nitrogens is 2. The molecule has 0 fully saturated rings. The van der Waals surface area contributed by atoms with Crippen molar-refractivity contribution in [3.63, 3.8) is 0 Å². The molecule has 0 spiro atoms. The van der Waals surface area contributed by atoms with Crippen molar-refractivity contribution >= 4 is 72.4 Å². The van der Waals surface area contributed by atoms with Crippen molar-refractivity contribution in [2.45, 2.75) is 19.3 Å². The monoisotopic (exact) mass is 782 g/mol. The van der Waals surface area contributed by atoms with Crippen LogP contribution in [0.1, 0.15) is 25.0 Å². The molecule has 0 unspecified atom stereocenters. The predicted molar refractivity (Wildman–Crippen MR) is 256 cm³/mol. The van der Waals surface area contributed by atoms with E-state index in [1.54, 1.807) is 0 Å². The van der Waals surface area contributed by atoms with Crippen LogP contribution in [0.5, 0.6) is 0 Å². The topological polar surface area (TPSA) is 9.86 Å². The van der Waals surface area contributed by atoms with Gasteiger partial charge in [-0.1, -0.05) is 190 Å². The van der Waals surface area contributed by atoms with E-state index in [0.717, 1.165) is 0 Å². The van der Waals surface area contributed by atoms with E-state index in [4.69, 9.17) is 0 Å².